The molecule has 1 saturated carbocycles. The van der Waals surface area contributed by atoms with Gasteiger partial charge in [-0.2, -0.15) is 0 Å². The molecular weight excluding hydrogens is 340 g/mol. The Bertz CT molecular complexity index is 925. The van der Waals surface area contributed by atoms with Gasteiger partial charge in [-0.3, -0.25) is 4.98 Å². The summed E-state index contributed by atoms with van der Waals surface area (Å²) in [7, 11) is 0. The predicted octanol–water partition coefficient (Wildman–Crippen LogP) is 3.45. The van der Waals surface area contributed by atoms with Gasteiger partial charge in [-0.1, -0.05) is 0 Å². The highest BCUT2D eigenvalue weighted by molar-refractivity contribution is 7.18. The number of aliphatic hydroxyl groups is 1. The minimum absolute atomic E-state index is 0.00181. The summed E-state index contributed by atoms with van der Waals surface area (Å²) in [5, 5.41) is 23.7. The molecule has 1 aliphatic carbocycles. The standard InChI is InChI=1S/C17H20N4O3S/c1-9(22)16-20-13-8-18-12-6-7-25-15(12)14(13)21(16)11-4-2-10(3-5-11)19-17(23)24/h6-11,19,22H,2-5H2,1H3,(H,23,24)/t9-,10?,11?/m1/s1. The number of aliphatic hydroxyl groups excluding tert-OH is 1. The van der Waals surface area contributed by atoms with E-state index in [1.54, 1.807) is 24.5 Å². The van der Waals surface area contributed by atoms with Crippen LogP contribution >= 0.6 is 11.3 Å². The summed E-state index contributed by atoms with van der Waals surface area (Å²) in [6.45, 7) is 1.73. The van der Waals surface area contributed by atoms with Crippen molar-refractivity contribution in [1.82, 2.24) is 19.9 Å². The van der Waals surface area contributed by atoms with Crippen LogP contribution in [0.1, 0.15) is 50.6 Å². The molecule has 0 aromatic carbocycles. The van der Waals surface area contributed by atoms with Crippen LogP contribution in [0.4, 0.5) is 4.79 Å². The predicted molar refractivity (Wildman–Crippen MR) is 96.0 cm³/mol. The van der Waals surface area contributed by atoms with Crippen LogP contribution in [0.5, 0.6) is 0 Å². The fraction of sp³-hybridized carbons (Fsp3) is 0.471. The molecule has 3 aromatic rings. The number of hydrogen-bond acceptors (Lipinski definition) is 5. The van der Waals surface area contributed by atoms with Crippen LogP contribution in [0.15, 0.2) is 17.6 Å². The lowest BCUT2D eigenvalue weighted by Gasteiger charge is -2.31. The molecule has 132 valence electrons. The number of hydrogen-bond donors (Lipinski definition) is 3. The van der Waals surface area contributed by atoms with Gasteiger partial charge in [0.15, 0.2) is 0 Å². The van der Waals surface area contributed by atoms with Crippen LogP contribution in [0.2, 0.25) is 0 Å². The van der Waals surface area contributed by atoms with Crippen molar-refractivity contribution in [3.05, 3.63) is 23.5 Å². The first-order chi connectivity index (χ1) is 12.0. The Labute approximate surface area is 148 Å². The molecule has 8 heteroatoms. The second-order valence-electron chi connectivity index (χ2n) is 6.60. The highest BCUT2D eigenvalue weighted by Gasteiger charge is 2.28. The monoisotopic (exact) mass is 360 g/mol. The Hall–Kier alpha value is -2.19. The van der Waals surface area contributed by atoms with Crippen molar-refractivity contribution in [2.75, 3.05) is 0 Å². The van der Waals surface area contributed by atoms with Crippen LogP contribution in [0.25, 0.3) is 21.3 Å². The van der Waals surface area contributed by atoms with E-state index in [1.165, 1.54) is 0 Å². The van der Waals surface area contributed by atoms with E-state index >= 15 is 0 Å². The molecule has 0 aliphatic heterocycles. The van der Waals surface area contributed by atoms with Crippen LogP contribution in [-0.2, 0) is 0 Å². The third-order valence-electron chi connectivity index (χ3n) is 4.91. The van der Waals surface area contributed by atoms with Crippen molar-refractivity contribution in [3.63, 3.8) is 0 Å². The zero-order chi connectivity index (χ0) is 17.6. The summed E-state index contributed by atoms with van der Waals surface area (Å²) in [5.41, 5.74) is 2.78. The Morgan fingerprint density at radius 1 is 1.36 bits per heavy atom. The molecule has 1 amide bonds. The molecule has 3 heterocycles. The number of nitrogens with zero attached hydrogens (tertiary/aromatic N) is 3. The van der Waals surface area contributed by atoms with Gasteiger partial charge in [-0.25, -0.2) is 9.78 Å². The van der Waals surface area contributed by atoms with E-state index in [4.69, 9.17) is 5.11 Å². The number of carboxylic acid groups (broad SMARTS) is 1. The quantitative estimate of drug-likeness (QED) is 0.664. The SMILES string of the molecule is C[C@@H](O)c1nc2cnc3ccsc3c2n1C1CCC(NC(=O)O)CC1. The Morgan fingerprint density at radius 2 is 2.12 bits per heavy atom. The smallest absolute Gasteiger partial charge is 0.404 e. The molecule has 7 nitrogen and oxygen atoms in total. The van der Waals surface area contributed by atoms with Crippen molar-refractivity contribution >= 4 is 38.7 Å². The van der Waals surface area contributed by atoms with Gasteiger partial charge < -0.3 is 20.1 Å². The van der Waals surface area contributed by atoms with E-state index in [1.807, 2.05) is 11.4 Å². The zero-order valence-electron chi connectivity index (χ0n) is 13.8. The van der Waals surface area contributed by atoms with Gasteiger partial charge >= 0.3 is 6.09 Å². The van der Waals surface area contributed by atoms with E-state index in [0.29, 0.717) is 5.82 Å². The molecule has 0 unspecified atom stereocenters. The summed E-state index contributed by atoms with van der Waals surface area (Å²) in [6.07, 6.45) is 3.41. The molecule has 1 fully saturated rings. The van der Waals surface area contributed by atoms with Gasteiger partial charge in [0, 0.05) is 12.1 Å². The van der Waals surface area contributed by atoms with Crippen molar-refractivity contribution < 1.29 is 15.0 Å². The first-order valence-corrected chi connectivity index (χ1v) is 9.34. The average molecular weight is 360 g/mol. The number of imidazole rings is 1. The summed E-state index contributed by atoms with van der Waals surface area (Å²) in [4.78, 5) is 19.9. The van der Waals surface area contributed by atoms with Crippen molar-refractivity contribution in [2.45, 2.75) is 50.8 Å². The molecule has 3 N–H and O–H groups in total. The number of thiophene rings is 1. The summed E-state index contributed by atoms with van der Waals surface area (Å²) in [6, 6.07) is 2.20. The molecule has 3 aromatic heterocycles. The largest absolute Gasteiger partial charge is 0.465 e. The number of pyridine rings is 1. The second kappa shape index (κ2) is 6.27. The summed E-state index contributed by atoms with van der Waals surface area (Å²) >= 11 is 1.63. The fourth-order valence-corrected chi connectivity index (χ4v) is 4.70. The summed E-state index contributed by atoms with van der Waals surface area (Å²) < 4.78 is 3.25. The Balaban J connectivity index is 1.76. The lowest BCUT2D eigenvalue weighted by atomic mass is 9.90. The minimum atomic E-state index is -0.965. The van der Waals surface area contributed by atoms with E-state index in [9.17, 15) is 9.90 Å². The van der Waals surface area contributed by atoms with E-state index in [-0.39, 0.29) is 12.1 Å². The molecule has 1 aliphatic rings. The maximum absolute atomic E-state index is 10.8. The molecular formula is C17H20N4O3S. The van der Waals surface area contributed by atoms with Crippen molar-refractivity contribution in [2.24, 2.45) is 0 Å². The van der Waals surface area contributed by atoms with Gasteiger partial charge in [0.25, 0.3) is 0 Å². The van der Waals surface area contributed by atoms with Gasteiger partial charge in [-0.15, -0.1) is 11.3 Å². The molecule has 0 saturated heterocycles. The van der Waals surface area contributed by atoms with Crippen molar-refractivity contribution in [3.8, 4) is 0 Å². The highest BCUT2D eigenvalue weighted by Crippen LogP contribution is 2.37. The molecule has 1 atom stereocenters. The number of amides is 1. The van der Waals surface area contributed by atoms with Crippen LogP contribution in [0, 0.1) is 0 Å². The lowest BCUT2D eigenvalue weighted by molar-refractivity contribution is 0.172. The van der Waals surface area contributed by atoms with Gasteiger partial charge in [0.2, 0.25) is 0 Å². The first kappa shape index (κ1) is 16.3. The first-order valence-electron chi connectivity index (χ1n) is 8.46. The maximum atomic E-state index is 10.8. The molecule has 0 bridgehead atoms. The number of aromatic nitrogens is 3. The second-order valence-corrected chi connectivity index (χ2v) is 7.51. The third-order valence-corrected chi connectivity index (χ3v) is 5.82. The molecule has 4 rings (SSSR count). The van der Waals surface area contributed by atoms with Crippen molar-refractivity contribution in [1.29, 1.82) is 0 Å². The minimum Gasteiger partial charge on any atom is -0.465 e. The maximum Gasteiger partial charge on any atom is 0.404 e. The third kappa shape index (κ3) is 2.85. The Morgan fingerprint density at radius 3 is 2.80 bits per heavy atom. The topological polar surface area (TPSA) is 100 Å². The van der Waals surface area contributed by atoms with Crippen LogP contribution in [0.3, 0.4) is 0 Å². The number of fused-ring (bicyclic) bond motifs is 3. The van der Waals surface area contributed by atoms with E-state index in [0.717, 1.165) is 46.9 Å². The van der Waals surface area contributed by atoms with E-state index < -0.39 is 12.2 Å². The number of carbonyl (C=O) groups is 1. The lowest BCUT2D eigenvalue weighted by Crippen LogP contribution is -2.37. The van der Waals surface area contributed by atoms with Crippen LogP contribution in [-0.4, -0.2) is 36.9 Å². The number of rotatable bonds is 3. The van der Waals surface area contributed by atoms with Gasteiger partial charge in [0.1, 0.15) is 17.4 Å². The average Bonchev–Trinajstić information content (AvgIpc) is 3.18. The van der Waals surface area contributed by atoms with Gasteiger partial charge in [-0.05, 0) is 44.1 Å². The fourth-order valence-electron chi connectivity index (χ4n) is 3.81. The summed E-state index contributed by atoms with van der Waals surface area (Å²) in [5.74, 6) is 0.660. The Kier molecular flexibility index (Phi) is 4.09. The number of nitrogens with one attached hydrogen (secondary N) is 1. The van der Waals surface area contributed by atoms with Crippen LogP contribution < -0.4 is 5.32 Å². The highest BCUT2D eigenvalue weighted by atomic mass is 32.1. The van der Waals surface area contributed by atoms with Gasteiger partial charge in [0.05, 0.1) is 21.9 Å². The molecule has 0 spiro atoms. The van der Waals surface area contributed by atoms with E-state index in [2.05, 4.69) is 19.9 Å². The molecule has 0 radical (unpaired) electrons. The zero-order valence-corrected chi connectivity index (χ0v) is 14.7. The normalized spacial score (nSPS) is 22.3. The molecule has 25 heavy (non-hydrogen) atoms.